The van der Waals surface area contributed by atoms with Crippen LogP contribution in [-0.2, 0) is 16.1 Å². The largest absolute Gasteiger partial charge is 0.477 e. The predicted octanol–water partition coefficient (Wildman–Crippen LogP) is 2.41. The Hall–Kier alpha value is -0.970. The van der Waals surface area contributed by atoms with Crippen LogP contribution >= 0.6 is 23.2 Å². The highest BCUT2D eigenvalue weighted by Gasteiger charge is 2.29. The highest BCUT2D eigenvalue weighted by atomic mass is 35.5. The van der Waals surface area contributed by atoms with Crippen molar-refractivity contribution in [2.24, 2.45) is 0 Å². The lowest BCUT2D eigenvalue weighted by molar-refractivity contribution is -0.143. The van der Waals surface area contributed by atoms with Gasteiger partial charge >= 0.3 is 5.97 Å². The van der Waals surface area contributed by atoms with Crippen molar-refractivity contribution in [3.05, 3.63) is 27.7 Å². The normalized spacial score (nSPS) is 18.8. The van der Waals surface area contributed by atoms with Gasteiger partial charge < -0.3 is 14.8 Å². The average Bonchev–Trinajstić information content (AvgIpc) is 2.69. The second kappa shape index (κ2) is 5.78. The number of carbonyl (C=O) groups excluding carboxylic acids is 1. The maximum atomic E-state index is 11.4. The van der Waals surface area contributed by atoms with Crippen molar-refractivity contribution in [3.63, 3.8) is 0 Å². The molecule has 2 rings (SSSR count). The molecule has 0 amide bonds. The maximum absolute atomic E-state index is 11.4. The Morgan fingerprint density at radius 2 is 2.28 bits per heavy atom. The second-order valence-electron chi connectivity index (χ2n) is 3.97. The third-order valence-electron chi connectivity index (χ3n) is 2.60. The van der Waals surface area contributed by atoms with E-state index in [9.17, 15) is 4.79 Å². The molecule has 0 aliphatic carbocycles. The average molecular weight is 290 g/mol. The first kappa shape index (κ1) is 13.5. The molecule has 1 aromatic carbocycles. The Balaban J connectivity index is 2.27. The Bertz CT molecular complexity index is 465. The maximum Gasteiger partial charge on any atom is 0.347 e. The molecular weight excluding hydrogens is 277 g/mol. The molecule has 1 aliphatic rings. The van der Waals surface area contributed by atoms with Crippen LogP contribution in [0, 0.1) is 0 Å². The summed E-state index contributed by atoms with van der Waals surface area (Å²) in [5.74, 6) is 0.135. The first-order chi connectivity index (χ1) is 8.61. The monoisotopic (exact) mass is 289 g/mol. The molecule has 0 radical (unpaired) electrons. The van der Waals surface area contributed by atoms with Crippen molar-refractivity contribution in [1.29, 1.82) is 0 Å². The Morgan fingerprint density at radius 1 is 1.50 bits per heavy atom. The summed E-state index contributed by atoms with van der Waals surface area (Å²) in [6.45, 7) is 0.938. The molecule has 98 valence electrons. The summed E-state index contributed by atoms with van der Waals surface area (Å²) >= 11 is 12.1. The van der Waals surface area contributed by atoms with Gasteiger partial charge in [0.2, 0.25) is 0 Å². The van der Waals surface area contributed by atoms with E-state index in [2.05, 4.69) is 5.32 Å². The molecule has 1 aromatic rings. The number of hydrogen-bond acceptors (Lipinski definition) is 4. The van der Waals surface area contributed by atoms with E-state index in [0.29, 0.717) is 35.4 Å². The van der Waals surface area contributed by atoms with Gasteiger partial charge in [-0.25, -0.2) is 4.79 Å². The van der Waals surface area contributed by atoms with Gasteiger partial charge in [-0.2, -0.15) is 0 Å². The molecule has 4 nitrogen and oxygen atoms in total. The molecule has 1 heterocycles. The van der Waals surface area contributed by atoms with Crippen LogP contribution in [0.5, 0.6) is 5.75 Å². The minimum Gasteiger partial charge on any atom is -0.477 e. The van der Waals surface area contributed by atoms with Crippen molar-refractivity contribution in [3.8, 4) is 5.75 Å². The highest BCUT2D eigenvalue weighted by molar-refractivity contribution is 6.35. The van der Waals surface area contributed by atoms with Gasteiger partial charge in [0, 0.05) is 23.6 Å². The Morgan fingerprint density at radius 3 is 2.89 bits per heavy atom. The lowest BCUT2D eigenvalue weighted by atomic mass is 10.2. The van der Waals surface area contributed by atoms with Crippen molar-refractivity contribution in [2.45, 2.75) is 19.1 Å². The quantitative estimate of drug-likeness (QED) is 0.865. The molecule has 0 saturated carbocycles. The van der Waals surface area contributed by atoms with Crippen molar-refractivity contribution in [2.75, 3.05) is 13.7 Å². The number of carbonyl (C=O) groups is 1. The van der Waals surface area contributed by atoms with Crippen molar-refractivity contribution < 1.29 is 14.3 Å². The van der Waals surface area contributed by atoms with Gasteiger partial charge in [0.05, 0.1) is 11.6 Å². The summed E-state index contributed by atoms with van der Waals surface area (Å²) in [5.41, 5.74) is 0.815. The van der Waals surface area contributed by atoms with Crippen LogP contribution < -0.4 is 10.1 Å². The molecular formula is C12H13Cl2NO3. The van der Waals surface area contributed by atoms with E-state index in [0.717, 1.165) is 5.56 Å². The fourth-order valence-corrected chi connectivity index (χ4v) is 2.37. The van der Waals surface area contributed by atoms with Crippen molar-refractivity contribution >= 4 is 29.2 Å². The van der Waals surface area contributed by atoms with Gasteiger partial charge in [-0.15, -0.1) is 0 Å². The Labute approximate surface area is 115 Å². The summed E-state index contributed by atoms with van der Waals surface area (Å²) in [6.07, 6.45) is -0.0455. The lowest BCUT2D eigenvalue weighted by Gasteiger charge is -2.16. The summed E-state index contributed by atoms with van der Waals surface area (Å²) in [7, 11) is 1.81. The molecule has 1 fully saturated rings. The number of benzene rings is 1. The number of ether oxygens (including phenoxy) is 2. The van der Waals surface area contributed by atoms with Crippen LogP contribution in [0.4, 0.5) is 0 Å². The number of esters is 1. The molecule has 0 spiro atoms. The third kappa shape index (κ3) is 2.88. The first-order valence-corrected chi connectivity index (χ1v) is 6.33. The molecule has 1 N–H and O–H groups in total. The van der Waals surface area contributed by atoms with Crippen LogP contribution in [0.25, 0.3) is 0 Å². The fourth-order valence-electron chi connectivity index (χ4n) is 1.79. The van der Waals surface area contributed by atoms with E-state index < -0.39 is 6.10 Å². The smallest absolute Gasteiger partial charge is 0.347 e. The molecule has 1 aliphatic heterocycles. The van der Waals surface area contributed by atoms with Crippen LogP contribution in [0.3, 0.4) is 0 Å². The fraction of sp³-hybridized carbons (Fsp3) is 0.417. The molecule has 1 atom stereocenters. The number of hydrogen-bond donors (Lipinski definition) is 1. The third-order valence-corrected chi connectivity index (χ3v) is 3.10. The summed E-state index contributed by atoms with van der Waals surface area (Å²) in [6, 6.07) is 3.36. The van der Waals surface area contributed by atoms with Gasteiger partial charge in [-0.3, -0.25) is 0 Å². The lowest BCUT2D eigenvalue weighted by Crippen LogP contribution is -2.23. The standard InChI is InChI=1S/C12H13Cl2NO3/c1-15-6-7-4-8(13)5-9(14)11(7)18-10-2-3-17-12(10)16/h4-5,10,15H,2-3,6H2,1H3. The number of cyclic esters (lactones) is 1. The van der Waals surface area contributed by atoms with Crippen molar-refractivity contribution in [1.82, 2.24) is 5.32 Å². The Kier molecular flexibility index (Phi) is 4.32. The molecule has 6 heteroatoms. The minimum atomic E-state index is -0.584. The molecule has 1 unspecified atom stereocenters. The van der Waals surface area contributed by atoms with Crippen LogP contribution in [0.2, 0.25) is 10.0 Å². The molecule has 0 bridgehead atoms. The summed E-state index contributed by atoms with van der Waals surface area (Å²) < 4.78 is 10.5. The number of rotatable bonds is 4. The van der Waals surface area contributed by atoms with E-state index in [4.69, 9.17) is 32.7 Å². The van der Waals surface area contributed by atoms with Gasteiger partial charge in [0.1, 0.15) is 5.75 Å². The van der Waals surface area contributed by atoms with Crippen LogP contribution in [-0.4, -0.2) is 25.7 Å². The molecule has 18 heavy (non-hydrogen) atoms. The summed E-state index contributed by atoms with van der Waals surface area (Å²) in [4.78, 5) is 11.4. The van der Waals surface area contributed by atoms with Gasteiger partial charge in [0.15, 0.2) is 6.10 Å². The summed E-state index contributed by atoms with van der Waals surface area (Å²) in [5, 5.41) is 3.93. The van der Waals surface area contributed by atoms with Gasteiger partial charge in [0.25, 0.3) is 0 Å². The second-order valence-corrected chi connectivity index (χ2v) is 4.81. The SMILES string of the molecule is CNCc1cc(Cl)cc(Cl)c1OC1CCOC1=O. The van der Waals surface area contributed by atoms with E-state index in [-0.39, 0.29) is 5.97 Å². The van der Waals surface area contributed by atoms with E-state index >= 15 is 0 Å². The van der Waals surface area contributed by atoms with E-state index in [1.165, 1.54) is 0 Å². The van der Waals surface area contributed by atoms with Gasteiger partial charge in [-0.1, -0.05) is 23.2 Å². The zero-order valence-corrected chi connectivity index (χ0v) is 11.3. The van der Waals surface area contributed by atoms with E-state index in [1.807, 2.05) is 7.05 Å². The topological polar surface area (TPSA) is 47.6 Å². The zero-order chi connectivity index (χ0) is 13.1. The van der Waals surface area contributed by atoms with Crippen LogP contribution in [0.15, 0.2) is 12.1 Å². The molecule has 0 aromatic heterocycles. The predicted molar refractivity (Wildman–Crippen MR) is 69.2 cm³/mol. The van der Waals surface area contributed by atoms with Gasteiger partial charge in [-0.05, 0) is 19.2 Å². The number of nitrogens with one attached hydrogen (secondary N) is 1. The zero-order valence-electron chi connectivity index (χ0n) is 9.83. The molecule has 1 saturated heterocycles. The van der Waals surface area contributed by atoms with Crippen LogP contribution in [0.1, 0.15) is 12.0 Å². The minimum absolute atomic E-state index is 0.351. The van der Waals surface area contributed by atoms with E-state index in [1.54, 1.807) is 12.1 Å². The number of halogens is 2. The first-order valence-electron chi connectivity index (χ1n) is 5.57. The highest BCUT2D eigenvalue weighted by Crippen LogP contribution is 2.34.